The van der Waals surface area contributed by atoms with E-state index in [0.717, 1.165) is 12.8 Å². The molecule has 139 valence electrons. The molecule has 28 heavy (non-hydrogen) atoms. The molecule has 0 aliphatic heterocycles. The number of halogens is 2. The molecule has 4 saturated carbocycles. The molecule has 0 aromatic heterocycles. The SMILES string of the molecule is C[I]NC12C3=CCc4ccccc4C31C21C2(NI)C3=CCc4ccccc4C321. The third-order valence-corrected chi connectivity index (χ3v) is 11.2. The predicted molar refractivity (Wildman–Crippen MR) is 128 cm³/mol. The summed E-state index contributed by atoms with van der Waals surface area (Å²) in [5, 5.41) is 0. The molecule has 1 radical (unpaired) electrons. The molecule has 2 nitrogen and oxygen atoms in total. The summed E-state index contributed by atoms with van der Waals surface area (Å²) in [4.78, 5) is 2.38. The van der Waals surface area contributed by atoms with Crippen molar-refractivity contribution in [3.8, 4) is 0 Å². The molecule has 2 aromatic rings. The van der Waals surface area contributed by atoms with Gasteiger partial charge in [-0.15, -0.1) is 0 Å². The van der Waals surface area contributed by atoms with Gasteiger partial charge in [0, 0.05) is 28.3 Å². The van der Waals surface area contributed by atoms with Crippen LogP contribution in [0.3, 0.4) is 0 Å². The minimum Gasteiger partial charge on any atom is -0.258 e. The highest BCUT2D eigenvalue weighted by atomic mass is 127. The second-order valence-corrected chi connectivity index (χ2v) is 11.2. The van der Waals surface area contributed by atoms with E-state index in [9.17, 15) is 0 Å². The van der Waals surface area contributed by atoms with Crippen LogP contribution in [0.5, 0.6) is 0 Å². The van der Waals surface area contributed by atoms with E-state index < -0.39 is 0 Å². The number of allylic oxidation sites excluding steroid dienone is 2. The predicted octanol–water partition coefficient (Wildman–Crippen LogP) is 4.39. The van der Waals surface area contributed by atoms with Crippen LogP contribution in [0, 0.1) is 5.41 Å². The summed E-state index contributed by atoms with van der Waals surface area (Å²) < 4.78 is 8.01. The molecule has 5 unspecified atom stereocenters. The lowest BCUT2D eigenvalue weighted by Crippen LogP contribution is -2.39. The zero-order valence-electron chi connectivity index (χ0n) is 15.4. The summed E-state index contributed by atoms with van der Waals surface area (Å²) in [7, 11) is 0. The molecular weight excluding hydrogens is 570 g/mol. The Labute approximate surface area is 189 Å². The fourth-order valence-electron chi connectivity index (χ4n) is 8.58. The number of nitrogens with one attached hydrogen (secondary N) is 2. The van der Waals surface area contributed by atoms with Crippen molar-refractivity contribution in [3.05, 3.63) is 94.1 Å². The van der Waals surface area contributed by atoms with Crippen molar-refractivity contribution in [3.63, 3.8) is 0 Å². The van der Waals surface area contributed by atoms with Crippen LogP contribution in [0.25, 0.3) is 0 Å². The molecule has 0 amide bonds. The van der Waals surface area contributed by atoms with Crippen molar-refractivity contribution in [2.24, 2.45) is 5.41 Å². The quantitative estimate of drug-likeness (QED) is 0.241. The second-order valence-electron chi connectivity index (χ2n) is 9.09. The zero-order valence-corrected chi connectivity index (χ0v) is 19.8. The number of hydrogen-bond acceptors (Lipinski definition) is 2. The van der Waals surface area contributed by atoms with E-state index in [4.69, 9.17) is 0 Å². The molecule has 6 aliphatic carbocycles. The van der Waals surface area contributed by atoms with Crippen LogP contribution in [0.2, 0.25) is 0 Å². The van der Waals surface area contributed by atoms with Crippen LogP contribution in [0.15, 0.2) is 71.8 Å². The van der Waals surface area contributed by atoms with Crippen molar-refractivity contribution >= 4 is 44.3 Å². The highest BCUT2D eigenvalue weighted by Crippen LogP contribution is 3.18. The molecule has 2 N–H and O–H groups in total. The number of hydrogen-bond donors (Lipinski definition) is 2. The summed E-state index contributed by atoms with van der Waals surface area (Å²) in [5.41, 5.74) is 10.8. The zero-order chi connectivity index (χ0) is 18.6. The minimum absolute atomic E-state index is 0.00298. The van der Waals surface area contributed by atoms with E-state index in [-0.39, 0.29) is 43.4 Å². The highest BCUT2D eigenvalue weighted by molar-refractivity contribution is 14.2. The van der Waals surface area contributed by atoms with Crippen LogP contribution >= 0.6 is 44.3 Å². The van der Waals surface area contributed by atoms with E-state index in [1.165, 1.54) is 5.56 Å². The third kappa shape index (κ3) is 1.03. The van der Waals surface area contributed by atoms with Crippen molar-refractivity contribution in [2.45, 2.75) is 34.7 Å². The molecule has 5 atom stereocenters. The first-order chi connectivity index (χ1) is 13.8. The topological polar surface area (TPSA) is 24.1 Å². The van der Waals surface area contributed by atoms with E-state index >= 15 is 0 Å². The molecule has 4 heteroatoms. The van der Waals surface area contributed by atoms with E-state index in [1.807, 2.05) is 0 Å². The average molecular weight is 589 g/mol. The van der Waals surface area contributed by atoms with Gasteiger partial charge in [-0.25, -0.2) is 3.53 Å². The maximum atomic E-state index is 4.15. The molecule has 0 bridgehead atoms. The van der Waals surface area contributed by atoms with Gasteiger partial charge in [0.1, 0.15) is 0 Å². The molecule has 8 rings (SSSR count). The Hall–Kier alpha value is -0.700. The molecule has 2 aromatic carbocycles. The largest absolute Gasteiger partial charge is 0.258 e. The van der Waals surface area contributed by atoms with Crippen LogP contribution in [0.1, 0.15) is 22.3 Å². The van der Waals surface area contributed by atoms with Gasteiger partial charge in [0.25, 0.3) is 0 Å². The van der Waals surface area contributed by atoms with E-state index in [2.05, 4.69) is 95.5 Å². The highest BCUT2D eigenvalue weighted by Gasteiger charge is 3.28. The van der Waals surface area contributed by atoms with Gasteiger partial charge >= 0.3 is 0 Å². The minimum atomic E-state index is 0.00298. The first-order valence-electron chi connectivity index (χ1n) is 10.0. The third-order valence-electron chi connectivity index (χ3n) is 9.01. The summed E-state index contributed by atoms with van der Waals surface area (Å²) in [6.45, 7) is 0. The molecule has 3 spiro atoms. The monoisotopic (exact) mass is 589 g/mol. The fraction of sp³-hybridized carbons (Fsp3) is 0.333. The maximum Gasteiger partial charge on any atom is 0.0739 e. The van der Waals surface area contributed by atoms with Gasteiger partial charge in [-0.05, 0) is 51.2 Å². The van der Waals surface area contributed by atoms with Gasteiger partial charge < -0.3 is 0 Å². The summed E-state index contributed by atoms with van der Waals surface area (Å²) in [6, 6.07) is 18.5. The normalized spacial score (nSPS) is 46.1. The Balaban J connectivity index is 1.44. The standard InChI is InChI=1S/C24H19I2N2/c1-26-28-23-19-13-11-15-7-3-5-9-17(15)21(19,23)24(23)20-16-8-4-2-6-14(16)10-12-18(20)22(20,24)27-25/h2-9,12-13,27-28H,10-11H2,1H3. The number of alkyl halides is 1. The molecule has 6 aliphatic rings. The van der Waals surface area contributed by atoms with Crippen LogP contribution < -0.4 is 7.06 Å². The first kappa shape index (κ1) is 16.1. The maximum absolute atomic E-state index is 4.15. The lowest BCUT2D eigenvalue weighted by molar-refractivity contribution is 0.440. The smallest absolute Gasteiger partial charge is 0.0739 e. The first-order valence-corrected chi connectivity index (χ1v) is 14.3. The van der Waals surface area contributed by atoms with Gasteiger partial charge in [0.15, 0.2) is 0 Å². The molecule has 0 heterocycles. The van der Waals surface area contributed by atoms with Crippen LogP contribution in [-0.4, -0.2) is 16.0 Å². The summed E-state index contributed by atoms with van der Waals surface area (Å²) in [6.07, 6.45) is 7.30. The van der Waals surface area contributed by atoms with Crippen molar-refractivity contribution in [1.29, 1.82) is 0 Å². The Morgan fingerprint density at radius 2 is 1.36 bits per heavy atom. The Bertz CT molecular complexity index is 1220. The molecule has 0 saturated heterocycles. The Morgan fingerprint density at radius 3 is 1.93 bits per heavy atom. The van der Waals surface area contributed by atoms with Gasteiger partial charge in [0.05, 0.1) is 21.9 Å². The lowest BCUT2D eigenvalue weighted by Gasteiger charge is -2.34. The van der Waals surface area contributed by atoms with Crippen LogP contribution in [0.4, 0.5) is 0 Å². The van der Waals surface area contributed by atoms with Crippen molar-refractivity contribution < 1.29 is 0 Å². The second kappa shape index (κ2) is 4.34. The molecular formula is C24H19I2N2. The van der Waals surface area contributed by atoms with Gasteiger partial charge in [-0.2, -0.15) is 0 Å². The van der Waals surface area contributed by atoms with Crippen LogP contribution in [-0.2, 0) is 23.7 Å². The number of fused-ring (bicyclic) bond motifs is 6. The fourth-order valence-corrected chi connectivity index (χ4v) is 11.6. The number of rotatable bonds is 3. The van der Waals surface area contributed by atoms with Gasteiger partial charge in [0.2, 0.25) is 0 Å². The summed E-state index contributed by atoms with van der Waals surface area (Å²) in [5.74, 6) is 0. The van der Waals surface area contributed by atoms with Gasteiger partial charge in [-0.3, -0.25) is 3.53 Å². The van der Waals surface area contributed by atoms with Crippen molar-refractivity contribution in [1.82, 2.24) is 7.06 Å². The molecule has 4 fully saturated rings. The summed E-state index contributed by atoms with van der Waals surface area (Å²) >= 11 is 2.46. The van der Waals surface area contributed by atoms with E-state index in [1.54, 1.807) is 27.8 Å². The average Bonchev–Trinajstić information content (AvgIpc) is 3.66. The number of benzene rings is 2. The van der Waals surface area contributed by atoms with E-state index in [0.29, 0.717) is 5.41 Å². The Kier molecular flexibility index (Phi) is 2.49. The van der Waals surface area contributed by atoms with Crippen molar-refractivity contribution in [2.75, 3.05) is 4.93 Å². The Morgan fingerprint density at radius 1 is 0.821 bits per heavy atom. The van der Waals surface area contributed by atoms with Gasteiger partial charge in [-0.1, -0.05) is 82.2 Å². The lowest BCUT2D eigenvalue weighted by atomic mass is 9.70.